The second-order valence-corrected chi connectivity index (χ2v) is 5.13. The lowest BCUT2D eigenvalue weighted by atomic mass is 10.1. The van der Waals surface area contributed by atoms with E-state index in [2.05, 4.69) is 10.6 Å². The van der Waals surface area contributed by atoms with Crippen molar-refractivity contribution in [2.45, 2.75) is 12.5 Å². The van der Waals surface area contributed by atoms with E-state index in [9.17, 15) is 4.79 Å². The zero-order valence-corrected chi connectivity index (χ0v) is 11.1. The van der Waals surface area contributed by atoms with Gasteiger partial charge in [-0.2, -0.15) is 0 Å². The molecule has 0 aliphatic carbocycles. The van der Waals surface area contributed by atoms with Gasteiger partial charge in [0, 0.05) is 31.4 Å². The summed E-state index contributed by atoms with van der Waals surface area (Å²) in [5.74, 6) is 1.42. The van der Waals surface area contributed by atoms with Gasteiger partial charge in [-0.05, 0) is 36.6 Å². The molecule has 2 saturated heterocycles. The van der Waals surface area contributed by atoms with E-state index in [4.69, 9.17) is 4.74 Å². The van der Waals surface area contributed by atoms with Crippen LogP contribution in [0.4, 0.5) is 10.5 Å². The van der Waals surface area contributed by atoms with Crippen molar-refractivity contribution in [2.75, 3.05) is 32.1 Å². The summed E-state index contributed by atoms with van der Waals surface area (Å²) in [5.41, 5.74) is 0.806. The van der Waals surface area contributed by atoms with Crippen LogP contribution in [0.5, 0.6) is 5.75 Å². The number of ether oxygens (including phenoxy) is 1. The Kier molecular flexibility index (Phi) is 3.29. The summed E-state index contributed by atoms with van der Waals surface area (Å²) < 4.78 is 5.10. The number of amides is 2. The van der Waals surface area contributed by atoms with E-state index < -0.39 is 0 Å². The highest BCUT2D eigenvalue weighted by Crippen LogP contribution is 2.27. The van der Waals surface area contributed by atoms with Crippen molar-refractivity contribution in [1.29, 1.82) is 0 Å². The third kappa shape index (κ3) is 2.38. The molecule has 1 aromatic carbocycles. The van der Waals surface area contributed by atoms with Gasteiger partial charge in [0.05, 0.1) is 7.11 Å². The van der Waals surface area contributed by atoms with Gasteiger partial charge in [0.25, 0.3) is 0 Å². The largest absolute Gasteiger partial charge is 0.497 e. The molecule has 0 unspecified atom stereocenters. The minimum absolute atomic E-state index is 0.00127. The van der Waals surface area contributed by atoms with Gasteiger partial charge in [0.15, 0.2) is 0 Å². The highest BCUT2D eigenvalue weighted by atomic mass is 16.5. The van der Waals surface area contributed by atoms with Crippen molar-refractivity contribution >= 4 is 11.7 Å². The van der Waals surface area contributed by atoms with Crippen molar-refractivity contribution in [3.63, 3.8) is 0 Å². The number of methoxy groups -OCH3 is 1. The lowest BCUT2D eigenvalue weighted by Gasteiger charge is -2.23. The predicted molar refractivity (Wildman–Crippen MR) is 73.5 cm³/mol. The maximum Gasteiger partial charge on any atom is 0.322 e. The monoisotopic (exact) mass is 261 g/mol. The normalized spacial score (nSPS) is 25.2. The number of nitrogens with zero attached hydrogens (tertiary/aromatic N) is 1. The molecule has 0 saturated carbocycles. The number of hydrogen-bond acceptors (Lipinski definition) is 3. The molecular formula is C14H19N3O2. The van der Waals surface area contributed by atoms with E-state index in [0.29, 0.717) is 12.0 Å². The fourth-order valence-electron chi connectivity index (χ4n) is 2.97. The molecular weight excluding hydrogens is 242 g/mol. The number of carbonyl (C=O) groups is 1. The molecule has 0 spiro atoms. The Balaban J connectivity index is 1.64. The minimum Gasteiger partial charge on any atom is -0.497 e. The Morgan fingerprint density at radius 1 is 1.37 bits per heavy atom. The first-order chi connectivity index (χ1) is 9.28. The number of benzene rings is 1. The lowest BCUT2D eigenvalue weighted by molar-refractivity contribution is 0.206. The van der Waals surface area contributed by atoms with Crippen LogP contribution in [0, 0.1) is 5.92 Å². The number of fused-ring (bicyclic) bond motifs is 1. The summed E-state index contributed by atoms with van der Waals surface area (Å²) in [7, 11) is 1.63. The van der Waals surface area contributed by atoms with E-state index in [1.165, 1.54) is 0 Å². The first kappa shape index (κ1) is 12.3. The number of anilines is 1. The number of urea groups is 1. The van der Waals surface area contributed by atoms with Gasteiger partial charge in [-0.1, -0.05) is 0 Å². The van der Waals surface area contributed by atoms with Crippen molar-refractivity contribution in [3.05, 3.63) is 24.3 Å². The average Bonchev–Trinajstić information content (AvgIpc) is 3.01. The van der Waals surface area contributed by atoms with Crippen molar-refractivity contribution in [3.8, 4) is 5.75 Å². The Bertz CT molecular complexity index is 460. The van der Waals surface area contributed by atoms with Crippen LogP contribution >= 0.6 is 0 Å². The molecule has 19 heavy (non-hydrogen) atoms. The molecule has 2 amide bonds. The van der Waals surface area contributed by atoms with Crippen LogP contribution in [0.15, 0.2) is 24.3 Å². The Morgan fingerprint density at radius 2 is 2.16 bits per heavy atom. The molecule has 1 aromatic rings. The van der Waals surface area contributed by atoms with Crippen LogP contribution < -0.4 is 15.4 Å². The number of nitrogens with one attached hydrogen (secondary N) is 2. The summed E-state index contributed by atoms with van der Waals surface area (Å²) >= 11 is 0. The number of rotatable bonds is 2. The number of likely N-dealkylation sites (tertiary alicyclic amines) is 1. The molecule has 2 aliphatic heterocycles. The van der Waals surface area contributed by atoms with Crippen LogP contribution in [0.1, 0.15) is 6.42 Å². The van der Waals surface area contributed by atoms with E-state index in [1.54, 1.807) is 7.11 Å². The molecule has 5 nitrogen and oxygen atoms in total. The van der Waals surface area contributed by atoms with Gasteiger partial charge in [-0.25, -0.2) is 4.79 Å². The summed E-state index contributed by atoms with van der Waals surface area (Å²) in [6, 6.07) is 7.77. The summed E-state index contributed by atoms with van der Waals surface area (Å²) in [6.45, 7) is 2.82. The molecule has 2 fully saturated rings. The van der Waals surface area contributed by atoms with Crippen LogP contribution in [-0.4, -0.2) is 43.7 Å². The van der Waals surface area contributed by atoms with Crippen molar-refractivity contribution in [2.24, 2.45) is 5.92 Å². The molecule has 2 atom stereocenters. The molecule has 5 heteroatoms. The zero-order valence-electron chi connectivity index (χ0n) is 11.1. The Morgan fingerprint density at radius 3 is 2.89 bits per heavy atom. The number of hydrogen-bond donors (Lipinski definition) is 2. The maximum absolute atomic E-state index is 12.3. The molecule has 2 aliphatic rings. The molecule has 0 aromatic heterocycles. The topological polar surface area (TPSA) is 53.6 Å². The molecule has 0 bridgehead atoms. The Labute approximate surface area is 112 Å². The van der Waals surface area contributed by atoms with Crippen LogP contribution in [0.3, 0.4) is 0 Å². The van der Waals surface area contributed by atoms with E-state index in [0.717, 1.165) is 37.5 Å². The average molecular weight is 261 g/mol. The fraction of sp³-hybridized carbons (Fsp3) is 0.500. The zero-order chi connectivity index (χ0) is 13.2. The predicted octanol–water partition coefficient (Wildman–Crippen LogP) is 1.52. The minimum atomic E-state index is 0.00127. The van der Waals surface area contributed by atoms with Crippen LogP contribution in [-0.2, 0) is 0 Å². The van der Waals surface area contributed by atoms with Gasteiger partial charge in [0.2, 0.25) is 0 Å². The SMILES string of the molecule is COc1ccc(NC(=O)N2CC[C@H]3CNC[C@H]32)cc1. The van der Waals surface area contributed by atoms with Gasteiger partial charge >= 0.3 is 6.03 Å². The summed E-state index contributed by atoms with van der Waals surface area (Å²) in [5, 5.41) is 6.30. The van der Waals surface area contributed by atoms with E-state index >= 15 is 0 Å². The molecule has 0 radical (unpaired) electrons. The van der Waals surface area contributed by atoms with Gasteiger partial charge < -0.3 is 20.3 Å². The second kappa shape index (κ2) is 5.09. The standard InChI is InChI=1S/C14H19N3O2/c1-19-12-4-2-11(3-5-12)16-14(18)17-7-6-10-8-15-9-13(10)17/h2-5,10,13,15H,6-9H2,1H3,(H,16,18)/t10-,13+/m0/s1. The summed E-state index contributed by atoms with van der Waals surface area (Å²) in [6.07, 6.45) is 1.10. The summed E-state index contributed by atoms with van der Waals surface area (Å²) in [4.78, 5) is 14.2. The van der Waals surface area contributed by atoms with E-state index in [1.807, 2.05) is 29.2 Å². The van der Waals surface area contributed by atoms with Crippen LogP contribution in [0.2, 0.25) is 0 Å². The smallest absolute Gasteiger partial charge is 0.322 e. The first-order valence-corrected chi connectivity index (χ1v) is 6.70. The lowest BCUT2D eigenvalue weighted by Crippen LogP contribution is -2.41. The highest BCUT2D eigenvalue weighted by molar-refractivity contribution is 5.89. The maximum atomic E-state index is 12.3. The Hall–Kier alpha value is -1.75. The first-order valence-electron chi connectivity index (χ1n) is 6.70. The molecule has 2 heterocycles. The quantitative estimate of drug-likeness (QED) is 0.848. The fourth-order valence-corrected chi connectivity index (χ4v) is 2.97. The highest BCUT2D eigenvalue weighted by Gasteiger charge is 2.39. The van der Waals surface area contributed by atoms with Crippen molar-refractivity contribution < 1.29 is 9.53 Å². The van der Waals surface area contributed by atoms with Crippen LogP contribution in [0.25, 0.3) is 0 Å². The van der Waals surface area contributed by atoms with Gasteiger partial charge in [0.1, 0.15) is 5.75 Å². The molecule has 102 valence electrons. The van der Waals surface area contributed by atoms with Gasteiger partial charge in [-0.3, -0.25) is 0 Å². The third-order valence-electron chi connectivity index (χ3n) is 4.05. The van der Waals surface area contributed by atoms with Crippen molar-refractivity contribution in [1.82, 2.24) is 10.2 Å². The van der Waals surface area contributed by atoms with Gasteiger partial charge in [-0.15, -0.1) is 0 Å². The number of carbonyl (C=O) groups excluding carboxylic acids is 1. The molecule has 2 N–H and O–H groups in total. The second-order valence-electron chi connectivity index (χ2n) is 5.13. The molecule has 3 rings (SSSR count). The third-order valence-corrected chi connectivity index (χ3v) is 4.05. The van der Waals surface area contributed by atoms with E-state index in [-0.39, 0.29) is 6.03 Å².